The van der Waals surface area contributed by atoms with E-state index >= 15 is 0 Å². The van der Waals surface area contributed by atoms with Gasteiger partial charge in [0.25, 0.3) is 0 Å². The minimum atomic E-state index is 0.0745. The number of ether oxygens (including phenoxy) is 1. The van der Waals surface area contributed by atoms with E-state index in [1.807, 2.05) is 32.0 Å². The predicted octanol–water partition coefficient (Wildman–Crippen LogP) is 2.90. The molecule has 3 N–H and O–H groups in total. The van der Waals surface area contributed by atoms with Crippen molar-refractivity contribution in [2.75, 3.05) is 0 Å². The predicted molar refractivity (Wildman–Crippen MR) is 73.2 cm³/mol. The average molecular weight is 250 g/mol. The quantitative estimate of drug-likeness (QED) is 0.365. The third-order valence-electron chi connectivity index (χ3n) is 2.65. The van der Waals surface area contributed by atoms with Crippen molar-refractivity contribution in [2.24, 2.45) is 16.8 Å². The zero-order valence-corrected chi connectivity index (χ0v) is 11.5. The van der Waals surface area contributed by atoms with Crippen molar-refractivity contribution < 1.29 is 9.94 Å². The molecule has 0 fully saturated rings. The van der Waals surface area contributed by atoms with Crippen LogP contribution in [0.4, 0.5) is 0 Å². The van der Waals surface area contributed by atoms with Crippen molar-refractivity contribution in [2.45, 2.75) is 40.2 Å². The Hall–Kier alpha value is -1.71. The van der Waals surface area contributed by atoms with E-state index in [1.54, 1.807) is 0 Å². The van der Waals surface area contributed by atoms with Crippen molar-refractivity contribution >= 4 is 5.84 Å². The topological polar surface area (TPSA) is 67.8 Å². The summed E-state index contributed by atoms with van der Waals surface area (Å²) in [6, 6.07) is 5.66. The number of benzene rings is 1. The largest absolute Gasteiger partial charge is 0.490 e. The first kappa shape index (κ1) is 14.4. The molecule has 0 bridgehead atoms. The van der Waals surface area contributed by atoms with Gasteiger partial charge in [-0.1, -0.05) is 30.6 Å². The molecule has 4 heteroatoms. The van der Waals surface area contributed by atoms with Crippen LogP contribution in [0.2, 0.25) is 0 Å². The van der Waals surface area contributed by atoms with Gasteiger partial charge in [-0.3, -0.25) is 0 Å². The van der Waals surface area contributed by atoms with Crippen LogP contribution in [0.15, 0.2) is 23.4 Å². The molecule has 100 valence electrons. The van der Waals surface area contributed by atoms with E-state index in [1.165, 1.54) is 0 Å². The molecule has 0 aromatic heterocycles. The molecule has 1 atom stereocenters. The van der Waals surface area contributed by atoms with Crippen LogP contribution in [0.3, 0.4) is 0 Å². The molecule has 0 spiro atoms. The van der Waals surface area contributed by atoms with Gasteiger partial charge in [0.1, 0.15) is 5.75 Å². The summed E-state index contributed by atoms with van der Waals surface area (Å²) in [5.41, 5.74) is 7.34. The van der Waals surface area contributed by atoms with Gasteiger partial charge in [-0.15, -0.1) is 0 Å². The molecule has 18 heavy (non-hydrogen) atoms. The zero-order valence-electron chi connectivity index (χ0n) is 11.5. The highest BCUT2D eigenvalue weighted by Gasteiger charge is 2.13. The second-order valence-corrected chi connectivity index (χ2v) is 5.04. The lowest BCUT2D eigenvalue weighted by atomic mass is 10.1. The van der Waals surface area contributed by atoms with Gasteiger partial charge >= 0.3 is 0 Å². The molecule has 1 aromatic rings. The molecule has 0 aliphatic carbocycles. The second-order valence-electron chi connectivity index (χ2n) is 5.04. The van der Waals surface area contributed by atoms with Gasteiger partial charge in [0.05, 0.1) is 11.7 Å². The molecule has 0 aliphatic heterocycles. The number of amidine groups is 1. The van der Waals surface area contributed by atoms with Crippen LogP contribution < -0.4 is 10.5 Å². The maximum absolute atomic E-state index is 8.79. The highest BCUT2D eigenvalue weighted by atomic mass is 16.5. The average Bonchev–Trinajstić information content (AvgIpc) is 2.29. The number of rotatable bonds is 5. The highest BCUT2D eigenvalue weighted by Crippen LogP contribution is 2.22. The normalized spacial score (nSPS) is 13.7. The van der Waals surface area contributed by atoms with Crippen LogP contribution in [0.1, 0.15) is 38.3 Å². The fraction of sp³-hybridized carbons (Fsp3) is 0.500. The van der Waals surface area contributed by atoms with E-state index in [-0.39, 0.29) is 11.9 Å². The molecule has 1 unspecified atom stereocenters. The Kier molecular flexibility index (Phi) is 5.01. The third-order valence-corrected chi connectivity index (χ3v) is 2.65. The standard InChI is InChI=1S/C14H22N2O2/c1-9(2)7-11(4)18-13-6-5-10(3)8-12(13)14(15)16-17/h5-6,8-9,11,17H,7H2,1-4H3,(H2,15,16). The minimum Gasteiger partial charge on any atom is -0.490 e. The van der Waals surface area contributed by atoms with Gasteiger partial charge in [-0.2, -0.15) is 0 Å². The lowest BCUT2D eigenvalue weighted by molar-refractivity contribution is 0.193. The van der Waals surface area contributed by atoms with Crippen LogP contribution in [0, 0.1) is 12.8 Å². The lowest BCUT2D eigenvalue weighted by Gasteiger charge is -2.19. The summed E-state index contributed by atoms with van der Waals surface area (Å²) in [5.74, 6) is 1.30. The molecule has 0 amide bonds. The Bertz CT molecular complexity index is 428. The number of hydrogen-bond acceptors (Lipinski definition) is 3. The van der Waals surface area contributed by atoms with E-state index in [2.05, 4.69) is 19.0 Å². The van der Waals surface area contributed by atoms with Gasteiger partial charge in [0.15, 0.2) is 5.84 Å². The maximum Gasteiger partial charge on any atom is 0.173 e. The van der Waals surface area contributed by atoms with Gasteiger partial charge < -0.3 is 15.7 Å². The molecule has 0 saturated carbocycles. The zero-order chi connectivity index (χ0) is 13.7. The molecule has 0 radical (unpaired) electrons. The number of aryl methyl sites for hydroxylation is 1. The van der Waals surface area contributed by atoms with E-state index in [4.69, 9.17) is 15.7 Å². The number of nitrogens with two attached hydrogens (primary N) is 1. The van der Waals surface area contributed by atoms with E-state index in [0.29, 0.717) is 17.2 Å². The lowest BCUT2D eigenvalue weighted by Crippen LogP contribution is -2.19. The summed E-state index contributed by atoms with van der Waals surface area (Å²) in [4.78, 5) is 0. The van der Waals surface area contributed by atoms with E-state index < -0.39 is 0 Å². The number of oxime groups is 1. The minimum absolute atomic E-state index is 0.0745. The fourth-order valence-corrected chi connectivity index (χ4v) is 1.93. The smallest absolute Gasteiger partial charge is 0.173 e. The molecular weight excluding hydrogens is 228 g/mol. The van der Waals surface area contributed by atoms with Crippen molar-refractivity contribution in [1.82, 2.24) is 0 Å². The summed E-state index contributed by atoms with van der Waals surface area (Å²) in [7, 11) is 0. The number of nitrogens with zero attached hydrogens (tertiary/aromatic N) is 1. The third kappa shape index (κ3) is 3.95. The van der Waals surface area contributed by atoms with Crippen LogP contribution in [-0.4, -0.2) is 17.1 Å². The molecule has 0 saturated heterocycles. The van der Waals surface area contributed by atoms with Crippen molar-refractivity contribution in [3.8, 4) is 5.75 Å². The van der Waals surface area contributed by atoms with E-state index in [0.717, 1.165) is 12.0 Å². The van der Waals surface area contributed by atoms with Crippen molar-refractivity contribution in [1.29, 1.82) is 0 Å². The van der Waals surface area contributed by atoms with Gasteiger partial charge in [0.2, 0.25) is 0 Å². The second kappa shape index (κ2) is 6.28. The number of hydrogen-bond donors (Lipinski definition) is 2. The monoisotopic (exact) mass is 250 g/mol. The molecular formula is C14H22N2O2. The van der Waals surface area contributed by atoms with Crippen molar-refractivity contribution in [3.63, 3.8) is 0 Å². The maximum atomic E-state index is 8.79. The molecule has 0 aliphatic rings. The molecule has 1 rings (SSSR count). The summed E-state index contributed by atoms with van der Waals surface area (Å²) in [5, 5.41) is 11.8. The van der Waals surface area contributed by atoms with Crippen LogP contribution in [0.5, 0.6) is 5.75 Å². The fourth-order valence-electron chi connectivity index (χ4n) is 1.93. The summed E-state index contributed by atoms with van der Waals surface area (Å²) >= 11 is 0. The van der Waals surface area contributed by atoms with Crippen LogP contribution >= 0.6 is 0 Å². The van der Waals surface area contributed by atoms with Crippen molar-refractivity contribution in [3.05, 3.63) is 29.3 Å². The Morgan fingerprint density at radius 1 is 1.39 bits per heavy atom. The Morgan fingerprint density at radius 2 is 2.06 bits per heavy atom. The summed E-state index contributed by atoms with van der Waals surface area (Å²) < 4.78 is 5.86. The SMILES string of the molecule is Cc1ccc(OC(C)CC(C)C)c(/C(N)=N/O)c1. The first-order valence-corrected chi connectivity index (χ1v) is 6.19. The summed E-state index contributed by atoms with van der Waals surface area (Å²) in [6.07, 6.45) is 1.06. The van der Waals surface area contributed by atoms with Gasteiger partial charge in [-0.25, -0.2) is 0 Å². The van der Waals surface area contributed by atoms with E-state index in [9.17, 15) is 0 Å². The van der Waals surface area contributed by atoms with Crippen LogP contribution in [0.25, 0.3) is 0 Å². The summed E-state index contributed by atoms with van der Waals surface area (Å²) in [6.45, 7) is 8.28. The van der Waals surface area contributed by atoms with Crippen LogP contribution in [-0.2, 0) is 0 Å². The van der Waals surface area contributed by atoms with Gasteiger partial charge in [0, 0.05) is 0 Å². The molecule has 4 nitrogen and oxygen atoms in total. The Labute approximate surface area is 108 Å². The molecule has 1 aromatic carbocycles. The Balaban J connectivity index is 2.94. The van der Waals surface area contributed by atoms with Gasteiger partial charge in [-0.05, 0) is 38.3 Å². The first-order chi connectivity index (χ1) is 8.43. The molecule has 0 heterocycles. The first-order valence-electron chi connectivity index (χ1n) is 6.19. The Morgan fingerprint density at radius 3 is 2.61 bits per heavy atom. The highest BCUT2D eigenvalue weighted by molar-refractivity contribution is 5.99.